The molecule has 0 aliphatic heterocycles. The number of carbonyl (C=O) groups is 1. The molecule has 4 rings (SSSR count). The number of fused-ring (bicyclic) bond motifs is 3. The molecular formula is C20H16N2O3S. The van der Waals surface area contributed by atoms with Crippen LogP contribution in [0.3, 0.4) is 0 Å². The number of aromatic nitrogens is 1. The Labute approximate surface area is 154 Å². The number of rotatable bonds is 4. The lowest BCUT2D eigenvalue weighted by Crippen LogP contribution is -2.13. The highest BCUT2D eigenvalue weighted by atomic mass is 32.1. The molecule has 0 aliphatic carbocycles. The van der Waals surface area contributed by atoms with Crippen LogP contribution in [0.4, 0.5) is 5.13 Å². The van der Waals surface area contributed by atoms with E-state index in [-0.39, 0.29) is 5.91 Å². The summed E-state index contributed by atoms with van der Waals surface area (Å²) >= 11 is 1.44. The normalized spacial score (nSPS) is 10.8. The molecule has 0 unspecified atom stereocenters. The summed E-state index contributed by atoms with van der Waals surface area (Å²) in [7, 11) is 3.09. The number of benzene rings is 3. The number of nitrogens with zero attached hydrogens (tertiary/aromatic N) is 1. The van der Waals surface area contributed by atoms with Crippen molar-refractivity contribution in [1.29, 1.82) is 0 Å². The molecule has 1 N–H and O–H groups in total. The second-order valence-electron chi connectivity index (χ2n) is 5.67. The van der Waals surface area contributed by atoms with Crippen molar-refractivity contribution in [1.82, 2.24) is 4.98 Å². The highest BCUT2D eigenvalue weighted by Gasteiger charge is 2.16. The van der Waals surface area contributed by atoms with E-state index in [0.29, 0.717) is 22.2 Å². The number of anilines is 1. The van der Waals surface area contributed by atoms with E-state index in [4.69, 9.17) is 9.47 Å². The smallest absolute Gasteiger partial charge is 0.261 e. The van der Waals surface area contributed by atoms with E-state index in [1.54, 1.807) is 25.3 Å². The van der Waals surface area contributed by atoms with Crippen LogP contribution in [0.5, 0.6) is 11.5 Å². The van der Waals surface area contributed by atoms with Crippen molar-refractivity contribution < 1.29 is 14.3 Å². The van der Waals surface area contributed by atoms with Gasteiger partial charge >= 0.3 is 0 Å². The van der Waals surface area contributed by atoms with Crippen LogP contribution in [-0.2, 0) is 0 Å². The predicted molar refractivity (Wildman–Crippen MR) is 105 cm³/mol. The highest BCUT2D eigenvalue weighted by molar-refractivity contribution is 7.22. The fourth-order valence-corrected chi connectivity index (χ4v) is 3.75. The molecule has 5 nitrogen and oxygen atoms in total. The van der Waals surface area contributed by atoms with Crippen LogP contribution in [0.1, 0.15) is 10.4 Å². The van der Waals surface area contributed by atoms with Crippen LogP contribution < -0.4 is 14.8 Å². The van der Waals surface area contributed by atoms with E-state index in [2.05, 4.69) is 16.4 Å². The van der Waals surface area contributed by atoms with Crippen LogP contribution >= 0.6 is 11.3 Å². The summed E-state index contributed by atoms with van der Waals surface area (Å²) < 4.78 is 11.5. The fourth-order valence-electron chi connectivity index (χ4n) is 2.87. The number of amides is 1. The van der Waals surface area contributed by atoms with E-state index in [0.717, 1.165) is 21.0 Å². The Balaban J connectivity index is 1.71. The van der Waals surface area contributed by atoms with E-state index in [9.17, 15) is 4.79 Å². The van der Waals surface area contributed by atoms with Crippen molar-refractivity contribution in [3.8, 4) is 11.5 Å². The summed E-state index contributed by atoms with van der Waals surface area (Å²) in [6.07, 6.45) is 0. The Bertz CT molecular complexity index is 1120. The molecule has 1 heterocycles. The minimum Gasteiger partial charge on any atom is -0.497 e. The second kappa shape index (κ2) is 6.65. The van der Waals surface area contributed by atoms with Gasteiger partial charge in [0.2, 0.25) is 0 Å². The Hall–Kier alpha value is -3.12. The quantitative estimate of drug-likeness (QED) is 0.569. The third-order valence-corrected chi connectivity index (χ3v) is 5.09. The Morgan fingerprint density at radius 1 is 1.04 bits per heavy atom. The molecule has 0 spiro atoms. The van der Waals surface area contributed by atoms with Gasteiger partial charge in [0.05, 0.1) is 30.0 Å². The monoisotopic (exact) mass is 364 g/mol. The molecule has 1 amide bonds. The number of thiazole rings is 1. The Kier molecular flexibility index (Phi) is 4.18. The lowest BCUT2D eigenvalue weighted by molar-refractivity contribution is 0.102. The van der Waals surface area contributed by atoms with Gasteiger partial charge in [0.1, 0.15) is 11.5 Å². The number of methoxy groups -OCH3 is 2. The molecular weight excluding hydrogens is 348 g/mol. The lowest BCUT2D eigenvalue weighted by atomic mass is 10.1. The van der Waals surface area contributed by atoms with Crippen molar-refractivity contribution >= 4 is 43.4 Å². The number of hydrogen-bond donors (Lipinski definition) is 1. The summed E-state index contributed by atoms with van der Waals surface area (Å²) in [6, 6.07) is 17.3. The van der Waals surface area contributed by atoms with E-state index >= 15 is 0 Å². The highest BCUT2D eigenvalue weighted by Crippen LogP contribution is 2.32. The molecule has 0 bridgehead atoms. The topological polar surface area (TPSA) is 60.5 Å². The zero-order chi connectivity index (χ0) is 18.1. The number of ether oxygens (including phenoxy) is 2. The lowest BCUT2D eigenvalue weighted by Gasteiger charge is -2.09. The molecule has 26 heavy (non-hydrogen) atoms. The maximum Gasteiger partial charge on any atom is 0.261 e. The Morgan fingerprint density at radius 2 is 1.88 bits per heavy atom. The average molecular weight is 364 g/mol. The summed E-state index contributed by atoms with van der Waals surface area (Å²) in [6.45, 7) is 0. The maximum atomic E-state index is 12.7. The number of nitrogens with one attached hydrogen (secondary N) is 1. The van der Waals surface area contributed by atoms with Gasteiger partial charge < -0.3 is 9.47 Å². The summed E-state index contributed by atoms with van der Waals surface area (Å²) in [4.78, 5) is 17.3. The van der Waals surface area contributed by atoms with Crippen molar-refractivity contribution in [3.05, 3.63) is 60.2 Å². The van der Waals surface area contributed by atoms with E-state index < -0.39 is 0 Å². The summed E-state index contributed by atoms with van der Waals surface area (Å²) in [5, 5.41) is 5.61. The average Bonchev–Trinajstić information content (AvgIpc) is 3.10. The minimum absolute atomic E-state index is 0.288. The molecule has 0 saturated heterocycles. The van der Waals surface area contributed by atoms with Crippen molar-refractivity contribution in [2.75, 3.05) is 19.5 Å². The first kappa shape index (κ1) is 16.4. The van der Waals surface area contributed by atoms with Gasteiger partial charge in [-0.2, -0.15) is 0 Å². The summed E-state index contributed by atoms with van der Waals surface area (Å²) in [5.74, 6) is 0.783. The largest absolute Gasteiger partial charge is 0.497 e. The van der Waals surface area contributed by atoms with Gasteiger partial charge in [-0.05, 0) is 29.7 Å². The van der Waals surface area contributed by atoms with Crippen molar-refractivity contribution in [3.63, 3.8) is 0 Å². The standard InChI is InChI=1S/C20H16N2O3S/c1-24-13-8-9-16(25-2)15(11-13)19(23)22-20-21-18-14-6-4-3-5-12(14)7-10-17(18)26-20/h3-11H,1-2H3,(H,21,22,23). The van der Waals surface area contributed by atoms with Gasteiger partial charge in [-0.1, -0.05) is 41.7 Å². The molecule has 0 aliphatic rings. The number of hydrogen-bond acceptors (Lipinski definition) is 5. The molecule has 3 aromatic carbocycles. The van der Waals surface area contributed by atoms with Crippen LogP contribution in [0.2, 0.25) is 0 Å². The van der Waals surface area contributed by atoms with Crippen molar-refractivity contribution in [2.24, 2.45) is 0 Å². The minimum atomic E-state index is -0.288. The molecule has 0 atom stereocenters. The molecule has 0 saturated carbocycles. The van der Waals surface area contributed by atoms with E-state index in [1.165, 1.54) is 18.4 Å². The second-order valence-corrected chi connectivity index (χ2v) is 6.70. The van der Waals surface area contributed by atoms with Crippen LogP contribution in [0, 0.1) is 0 Å². The van der Waals surface area contributed by atoms with Gasteiger partial charge in [0.15, 0.2) is 5.13 Å². The molecule has 0 fully saturated rings. The van der Waals surface area contributed by atoms with Gasteiger partial charge in [-0.3, -0.25) is 10.1 Å². The molecule has 0 radical (unpaired) electrons. The molecule has 4 aromatic rings. The van der Waals surface area contributed by atoms with Crippen molar-refractivity contribution in [2.45, 2.75) is 0 Å². The van der Waals surface area contributed by atoms with Crippen LogP contribution in [0.25, 0.3) is 21.0 Å². The third kappa shape index (κ3) is 2.84. The number of carbonyl (C=O) groups excluding carboxylic acids is 1. The zero-order valence-electron chi connectivity index (χ0n) is 14.3. The Morgan fingerprint density at radius 3 is 2.69 bits per heavy atom. The molecule has 6 heteroatoms. The van der Waals surface area contributed by atoms with Gasteiger partial charge in [0.25, 0.3) is 5.91 Å². The first-order valence-corrected chi connectivity index (χ1v) is 8.83. The first-order chi connectivity index (χ1) is 12.7. The first-order valence-electron chi connectivity index (χ1n) is 8.01. The van der Waals surface area contributed by atoms with Gasteiger partial charge in [-0.25, -0.2) is 4.98 Å². The fraction of sp³-hybridized carbons (Fsp3) is 0.100. The van der Waals surface area contributed by atoms with Crippen LogP contribution in [0.15, 0.2) is 54.6 Å². The molecule has 1 aromatic heterocycles. The summed E-state index contributed by atoms with van der Waals surface area (Å²) in [5.41, 5.74) is 1.29. The van der Waals surface area contributed by atoms with Crippen LogP contribution in [-0.4, -0.2) is 25.1 Å². The maximum absolute atomic E-state index is 12.7. The third-order valence-electron chi connectivity index (χ3n) is 4.16. The van der Waals surface area contributed by atoms with Gasteiger partial charge in [-0.15, -0.1) is 0 Å². The van der Waals surface area contributed by atoms with Gasteiger partial charge in [0, 0.05) is 5.39 Å². The van der Waals surface area contributed by atoms with E-state index in [1.807, 2.05) is 30.3 Å². The predicted octanol–water partition coefficient (Wildman–Crippen LogP) is 4.72. The molecule has 130 valence electrons. The zero-order valence-corrected chi connectivity index (χ0v) is 15.1. The SMILES string of the molecule is COc1ccc(OC)c(C(=O)Nc2nc3c(ccc4ccccc43)s2)c1.